The van der Waals surface area contributed by atoms with Crippen LogP contribution in [-0.2, 0) is 0 Å². The molecule has 2 aromatic heterocycles. The van der Waals surface area contributed by atoms with Crippen LogP contribution in [0.25, 0.3) is 15.9 Å². The van der Waals surface area contributed by atoms with Gasteiger partial charge in [-0.15, -0.1) is 0 Å². The van der Waals surface area contributed by atoms with Crippen molar-refractivity contribution in [2.45, 2.75) is 13.8 Å². The van der Waals surface area contributed by atoms with E-state index in [4.69, 9.17) is 0 Å². The molecule has 0 saturated heterocycles. The molecule has 130 valence electrons. The number of hydrogen-bond acceptors (Lipinski definition) is 4. The standard InChI is InChI=1S/C20H18N4OS/c1-13-12-14(2)24(22-13)16-10-8-15(9-11-16)19(25)23(3)20-21-17-6-4-5-7-18(17)26-20/h4-12H,1-3H3. The molecule has 0 fully saturated rings. The summed E-state index contributed by atoms with van der Waals surface area (Å²) in [6.45, 7) is 3.98. The fraction of sp³-hybridized carbons (Fsp3) is 0.150. The Bertz CT molecular complexity index is 1060. The Hall–Kier alpha value is -2.99. The topological polar surface area (TPSA) is 51.0 Å². The smallest absolute Gasteiger partial charge is 0.259 e. The lowest BCUT2D eigenvalue weighted by atomic mass is 10.2. The van der Waals surface area contributed by atoms with Crippen molar-refractivity contribution in [3.05, 3.63) is 71.5 Å². The van der Waals surface area contributed by atoms with Crippen LogP contribution >= 0.6 is 11.3 Å². The van der Waals surface area contributed by atoms with Crippen LogP contribution in [0.15, 0.2) is 54.6 Å². The quantitative estimate of drug-likeness (QED) is 0.544. The van der Waals surface area contributed by atoms with Crippen LogP contribution in [0, 0.1) is 13.8 Å². The van der Waals surface area contributed by atoms with E-state index in [0.717, 1.165) is 27.3 Å². The molecule has 0 aliphatic carbocycles. The van der Waals surface area contributed by atoms with Gasteiger partial charge in [-0.2, -0.15) is 5.10 Å². The molecule has 0 aliphatic heterocycles. The highest BCUT2D eigenvalue weighted by atomic mass is 32.1. The first-order valence-electron chi connectivity index (χ1n) is 8.30. The third-order valence-electron chi connectivity index (χ3n) is 4.24. The summed E-state index contributed by atoms with van der Waals surface area (Å²) in [5.74, 6) is -0.0797. The largest absolute Gasteiger partial charge is 0.287 e. The molecule has 0 radical (unpaired) electrons. The number of benzene rings is 2. The summed E-state index contributed by atoms with van der Waals surface area (Å²) in [6.07, 6.45) is 0. The van der Waals surface area contributed by atoms with Crippen LogP contribution in [0.5, 0.6) is 0 Å². The van der Waals surface area contributed by atoms with E-state index in [0.29, 0.717) is 10.7 Å². The Morgan fingerprint density at radius 1 is 1.08 bits per heavy atom. The van der Waals surface area contributed by atoms with E-state index in [-0.39, 0.29) is 5.91 Å². The summed E-state index contributed by atoms with van der Waals surface area (Å²) < 4.78 is 2.95. The maximum Gasteiger partial charge on any atom is 0.259 e. The summed E-state index contributed by atoms with van der Waals surface area (Å²) in [7, 11) is 1.76. The molecule has 0 N–H and O–H groups in total. The van der Waals surface area contributed by atoms with E-state index in [2.05, 4.69) is 10.1 Å². The SMILES string of the molecule is Cc1cc(C)n(-c2ccc(C(=O)N(C)c3nc4ccccc4s3)cc2)n1. The number of fused-ring (bicyclic) bond motifs is 1. The van der Waals surface area contributed by atoms with Gasteiger partial charge < -0.3 is 0 Å². The summed E-state index contributed by atoms with van der Waals surface area (Å²) in [5.41, 5.74) is 4.50. The molecular formula is C20H18N4OS. The lowest BCUT2D eigenvalue weighted by molar-refractivity contribution is 0.0993. The Labute approximate surface area is 155 Å². The van der Waals surface area contributed by atoms with Crippen LogP contribution < -0.4 is 4.90 Å². The average Bonchev–Trinajstić information content (AvgIpc) is 3.23. The van der Waals surface area contributed by atoms with Gasteiger partial charge in [-0.05, 0) is 56.3 Å². The highest BCUT2D eigenvalue weighted by Gasteiger charge is 2.17. The molecule has 5 nitrogen and oxygen atoms in total. The second kappa shape index (κ2) is 6.38. The number of hydrogen-bond donors (Lipinski definition) is 0. The molecule has 4 rings (SSSR count). The zero-order chi connectivity index (χ0) is 18.3. The first-order chi connectivity index (χ1) is 12.5. The Morgan fingerprint density at radius 2 is 1.81 bits per heavy atom. The first-order valence-corrected chi connectivity index (χ1v) is 9.12. The molecule has 2 aromatic carbocycles. The number of aryl methyl sites for hydroxylation is 2. The number of thiazole rings is 1. The number of carbonyl (C=O) groups excluding carboxylic acids is 1. The molecule has 0 bridgehead atoms. The summed E-state index contributed by atoms with van der Waals surface area (Å²) in [5, 5.41) is 5.17. The molecule has 26 heavy (non-hydrogen) atoms. The van der Waals surface area contributed by atoms with Crippen LogP contribution in [-0.4, -0.2) is 27.7 Å². The first kappa shape index (κ1) is 16.5. The van der Waals surface area contributed by atoms with E-state index in [9.17, 15) is 4.79 Å². The third kappa shape index (κ3) is 2.88. The molecule has 1 amide bonds. The van der Waals surface area contributed by atoms with Gasteiger partial charge in [-0.1, -0.05) is 23.5 Å². The minimum Gasteiger partial charge on any atom is -0.287 e. The Balaban J connectivity index is 1.60. The fourth-order valence-corrected chi connectivity index (χ4v) is 3.84. The van der Waals surface area contributed by atoms with Gasteiger partial charge in [0, 0.05) is 18.3 Å². The molecule has 0 saturated carbocycles. The molecule has 0 atom stereocenters. The van der Waals surface area contributed by atoms with Gasteiger partial charge in [0.2, 0.25) is 0 Å². The van der Waals surface area contributed by atoms with Crippen molar-refractivity contribution in [1.82, 2.24) is 14.8 Å². The third-order valence-corrected chi connectivity index (χ3v) is 5.36. The number of carbonyl (C=O) groups is 1. The van der Waals surface area contributed by atoms with E-state index < -0.39 is 0 Å². The predicted octanol–water partition coefficient (Wildman–Crippen LogP) is 4.38. The summed E-state index contributed by atoms with van der Waals surface area (Å²) >= 11 is 1.51. The number of rotatable bonds is 3. The zero-order valence-corrected chi connectivity index (χ0v) is 15.6. The van der Waals surface area contributed by atoms with Crippen LogP contribution in [0.1, 0.15) is 21.7 Å². The van der Waals surface area contributed by atoms with Crippen molar-refractivity contribution in [1.29, 1.82) is 0 Å². The predicted molar refractivity (Wildman–Crippen MR) is 105 cm³/mol. The van der Waals surface area contributed by atoms with Gasteiger partial charge in [-0.3, -0.25) is 9.69 Å². The Morgan fingerprint density at radius 3 is 2.46 bits per heavy atom. The van der Waals surface area contributed by atoms with Crippen molar-refractivity contribution < 1.29 is 4.79 Å². The number of anilines is 1. The van der Waals surface area contributed by atoms with Gasteiger partial charge in [0.05, 0.1) is 21.6 Å². The fourth-order valence-electron chi connectivity index (χ4n) is 2.92. The maximum absolute atomic E-state index is 12.8. The molecule has 0 spiro atoms. The van der Waals surface area contributed by atoms with Crippen LogP contribution in [0.2, 0.25) is 0 Å². The zero-order valence-electron chi connectivity index (χ0n) is 14.8. The van der Waals surface area contributed by atoms with Crippen molar-refractivity contribution in [2.24, 2.45) is 0 Å². The Kier molecular flexibility index (Phi) is 4.05. The van der Waals surface area contributed by atoms with Crippen molar-refractivity contribution >= 4 is 32.6 Å². The normalized spacial score (nSPS) is 11.0. The summed E-state index contributed by atoms with van der Waals surface area (Å²) in [6, 6.07) is 17.4. The second-order valence-electron chi connectivity index (χ2n) is 6.21. The number of aromatic nitrogens is 3. The van der Waals surface area contributed by atoms with E-state index >= 15 is 0 Å². The average molecular weight is 362 g/mol. The van der Waals surface area contributed by atoms with Gasteiger partial charge in [0.25, 0.3) is 5.91 Å². The highest BCUT2D eigenvalue weighted by molar-refractivity contribution is 7.22. The molecular weight excluding hydrogens is 344 g/mol. The van der Waals surface area contributed by atoms with Crippen LogP contribution in [0.3, 0.4) is 0 Å². The van der Waals surface area contributed by atoms with E-state index in [1.807, 2.05) is 73.1 Å². The number of para-hydroxylation sites is 1. The lowest BCUT2D eigenvalue weighted by Crippen LogP contribution is -2.26. The van der Waals surface area contributed by atoms with Crippen molar-refractivity contribution in [2.75, 3.05) is 11.9 Å². The molecule has 0 aliphatic rings. The van der Waals surface area contributed by atoms with E-state index in [1.165, 1.54) is 11.3 Å². The molecule has 0 unspecified atom stereocenters. The van der Waals surface area contributed by atoms with Gasteiger partial charge >= 0.3 is 0 Å². The maximum atomic E-state index is 12.8. The lowest BCUT2D eigenvalue weighted by Gasteiger charge is -2.14. The molecule has 4 aromatic rings. The van der Waals surface area contributed by atoms with Gasteiger partial charge in [-0.25, -0.2) is 9.67 Å². The highest BCUT2D eigenvalue weighted by Crippen LogP contribution is 2.28. The second-order valence-corrected chi connectivity index (χ2v) is 7.22. The van der Waals surface area contributed by atoms with Gasteiger partial charge in [0.1, 0.15) is 0 Å². The van der Waals surface area contributed by atoms with Crippen LogP contribution in [0.4, 0.5) is 5.13 Å². The monoisotopic (exact) mass is 362 g/mol. The van der Waals surface area contributed by atoms with E-state index in [1.54, 1.807) is 11.9 Å². The number of nitrogens with zero attached hydrogens (tertiary/aromatic N) is 4. The van der Waals surface area contributed by atoms with Gasteiger partial charge in [0.15, 0.2) is 5.13 Å². The van der Waals surface area contributed by atoms with Crippen molar-refractivity contribution in [3.8, 4) is 5.69 Å². The molecule has 2 heterocycles. The minimum atomic E-state index is -0.0797. The number of amides is 1. The van der Waals surface area contributed by atoms with Crippen molar-refractivity contribution in [3.63, 3.8) is 0 Å². The minimum absolute atomic E-state index is 0.0797. The summed E-state index contributed by atoms with van der Waals surface area (Å²) in [4.78, 5) is 19.0. The molecule has 6 heteroatoms.